The molecule has 24 heavy (non-hydrogen) atoms. The summed E-state index contributed by atoms with van der Waals surface area (Å²) in [6, 6.07) is 7.51. The van der Waals surface area contributed by atoms with E-state index in [4.69, 9.17) is 9.15 Å². The van der Waals surface area contributed by atoms with Crippen LogP contribution in [-0.4, -0.2) is 33.4 Å². The Kier molecular flexibility index (Phi) is 5.12. The molecule has 0 spiro atoms. The number of rotatable bonds is 8. The van der Waals surface area contributed by atoms with Gasteiger partial charge in [-0.25, -0.2) is 0 Å². The van der Waals surface area contributed by atoms with Gasteiger partial charge in [0.1, 0.15) is 23.7 Å². The average Bonchev–Trinajstić information content (AvgIpc) is 3.31. The highest BCUT2D eigenvalue weighted by Crippen LogP contribution is 2.13. The average molecular weight is 328 g/mol. The van der Waals surface area contributed by atoms with Crippen molar-refractivity contribution >= 4 is 5.91 Å². The number of furan rings is 1. The third-order valence-corrected chi connectivity index (χ3v) is 3.58. The molecule has 0 fully saturated rings. The number of carbonyl (C=O) groups excluding carboxylic acids is 1. The maximum Gasteiger partial charge on any atom is 0.256 e. The second-order valence-corrected chi connectivity index (χ2v) is 5.34. The normalized spacial score (nSPS) is 10.9. The minimum Gasteiger partial charge on any atom is -0.467 e. The maximum atomic E-state index is 12.4. The van der Waals surface area contributed by atoms with E-state index in [1.54, 1.807) is 17.1 Å². The fourth-order valence-electron chi connectivity index (χ4n) is 2.41. The van der Waals surface area contributed by atoms with Gasteiger partial charge in [-0.15, -0.1) is 0 Å². The fraction of sp³-hybridized carbons (Fsp3) is 0.294. The van der Waals surface area contributed by atoms with Crippen molar-refractivity contribution in [2.75, 3.05) is 13.2 Å². The number of aryl methyl sites for hydroxylation is 1. The summed E-state index contributed by atoms with van der Waals surface area (Å²) in [6.07, 6.45) is 7.70. The Labute approximate surface area is 139 Å². The molecule has 3 rings (SSSR count). The number of carbonyl (C=O) groups is 1. The lowest BCUT2D eigenvalue weighted by Crippen LogP contribution is -2.26. The molecule has 0 unspecified atom stereocenters. The molecule has 126 valence electrons. The van der Waals surface area contributed by atoms with E-state index >= 15 is 0 Å². The first kappa shape index (κ1) is 16.1. The van der Waals surface area contributed by atoms with Crippen molar-refractivity contribution in [3.8, 4) is 5.82 Å². The van der Waals surface area contributed by atoms with Crippen LogP contribution in [0.1, 0.15) is 22.5 Å². The molecule has 3 aromatic heterocycles. The van der Waals surface area contributed by atoms with Gasteiger partial charge in [-0.05, 0) is 30.7 Å². The smallest absolute Gasteiger partial charge is 0.256 e. The summed E-state index contributed by atoms with van der Waals surface area (Å²) < 4.78 is 14.2. The first-order chi connectivity index (χ1) is 11.8. The topological polar surface area (TPSA) is 74.2 Å². The highest BCUT2D eigenvalue weighted by Gasteiger charge is 2.16. The SMILES string of the molecule is Cn1ncc(C(=O)NCCCOCc2ccco2)c1-n1cccc1. The van der Waals surface area contributed by atoms with Crippen LogP contribution in [0.3, 0.4) is 0 Å². The zero-order valence-corrected chi connectivity index (χ0v) is 13.5. The Bertz CT molecular complexity index is 760. The van der Waals surface area contributed by atoms with Gasteiger partial charge < -0.3 is 19.0 Å². The molecule has 0 radical (unpaired) electrons. The van der Waals surface area contributed by atoms with Crippen molar-refractivity contribution in [2.45, 2.75) is 13.0 Å². The molecule has 0 aliphatic heterocycles. The van der Waals surface area contributed by atoms with Crippen LogP contribution in [0.2, 0.25) is 0 Å². The Morgan fingerprint density at radius 3 is 2.92 bits per heavy atom. The molecule has 7 heteroatoms. The molecule has 0 aliphatic carbocycles. The van der Waals surface area contributed by atoms with Crippen LogP contribution in [0, 0.1) is 0 Å². The largest absolute Gasteiger partial charge is 0.467 e. The van der Waals surface area contributed by atoms with E-state index in [9.17, 15) is 4.79 Å². The monoisotopic (exact) mass is 328 g/mol. The van der Waals surface area contributed by atoms with Crippen LogP contribution < -0.4 is 5.32 Å². The number of ether oxygens (including phenoxy) is 1. The Hall–Kier alpha value is -2.80. The molecule has 0 aliphatic rings. The van der Waals surface area contributed by atoms with Crippen molar-refractivity contribution < 1.29 is 13.9 Å². The number of hydrogen-bond acceptors (Lipinski definition) is 4. The highest BCUT2D eigenvalue weighted by atomic mass is 16.5. The predicted molar refractivity (Wildman–Crippen MR) is 87.8 cm³/mol. The summed E-state index contributed by atoms with van der Waals surface area (Å²) in [5, 5.41) is 7.08. The van der Waals surface area contributed by atoms with Crippen LogP contribution in [-0.2, 0) is 18.4 Å². The lowest BCUT2D eigenvalue weighted by molar-refractivity contribution is 0.0917. The van der Waals surface area contributed by atoms with E-state index in [2.05, 4.69) is 10.4 Å². The molecule has 0 bridgehead atoms. The maximum absolute atomic E-state index is 12.4. The van der Waals surface area contributed by atoms with Crippen molar-refractivity contribution in [1.82, 2.24) is 19.7 Å². The van der Waals surface area contributed by atoms with Crippen molar-refractivity contribution in [3.05, 3.63) is 60.4 Å². The highest BCUT2D eigenvalue weighted by molar-refractivity contribution is 5.97. The van der Waals surface area contributed by atoms with E-state index in [1.807, 2.05) is 48.3 Å². The van der Waals surface area contributed by atoms with Gasteiger partial charge in [0.15, 0.2) is 0 Å². The summed E-state index contributed by atoms with van der Waals surface area (Å²) in [7, 11) is 1.81. The fourth-order valence-corrected chi connectivity index (χ4v) is 2.41. The summed E-state index contributed by atoms with van der Waals surface area (Å²) in [6.45, 7) is 1.54. The van der Waals surface area contributed by atoms with Gasteiger partial charge in [0, 0.05) is 32.6 Å². The summed E-state index contributed by atoms with van der Waals surface area (Å²) in [5.74, 6) is 1.40. The number of hydrogen-bond donors (Lipinski definition) is 1. The minimum absolute atomic E-state index is 0.141. The summed E-state index contributed by atoms with van der Waals surface area (Å²) >= 11 is 0. The molecule has 0 aromatic carbocycles. The Morgan fingerprint density at radius 1 is 1.33 bits per heavy atom. The zero-order valence-electron chi connectivity index (χ0n) is 13.5. The van der Waals surface area contributed by atoms with Crippen molar-refractivity contribution in [3.63, 3.8) is 0 Å². The van der Waals surface area contributed by atoms with Crippen LogP contribution in [0.15, 0.2) is 53.5 Å². The number of nitrogens with one attached hydrogen (secondary N) is 1. The molecule has 0 saturated heterocycles. The molecule has 1 N–H and O–H groups in total. The first-order valence-electron chi connectivity index (χ1n) is 7.79. The number of aromatic nitrogens is 3. The van der Waals surface area contributed by atoms with E-state index in [0.29, 0.717) is 25.3 Å². The standard InChI is InChI=1S/C17H20N4O3/c1-20-17(21-8-2-3-9-21)15(12-19-20)16(22)18-7-5-10-23-13-14-6-4-11-24-14/h2-4,6,8-9,11-12H,5,7,10,13H2,1H3,(H,18,22). The molecular weight excluding hydrogens is 308 g/mol. The predicted octanol–water partition coefficient (Wildman–Crippen LogP) is 2.14. The van der Waals surface area contributed by atoms with Gasteiger partial charge in [0.25, 0.3) is 5.91 Å². The molecular formula is C17H20N4O3. The van der Waals surface area contributed by atoms with Crippen molar-refractivity contribution in [2.24, 2.45) is 7.05 Å². The van der Waals surface area contributed by atoms with Gasteiger partial charge in [-0.3, -0.25) is 9.48 Å². The van der Waals surface area contributed by atoms with Crippen LogP contribution >= 0.6 is 0 Å². The molecule has 7 nitrogen and oxygen atoms in total. The minimum atomic E-state index is -0.141. The number of amides is 1. The second-order valence-electron chi connectivity index (χ2n) is 5.34. The van der Waals surface area contributed by atoms with Gasteiger partial charge in [-0.2, -0.15) is 5.10 Å². The molecule has 1 amide bonds. The van der Waals surface area contributed by atoms with E-state index in [-0.39, 0.29) is 5.91 Å². The Balaban J connectivity index is 1.46. The third-order valence-electron chi connectivity index (χ3n) is 3.58. The molecule has 0 saturated carbocycles. The first-order valence-corrected chi connectivity index (χ1v) is 7.79. The van der Waals surface area contributed by atoms with E-state index in [1.165, 1.54) is 0 Å². The molecule has 3 aromatic rings. The molecule has 3 heterocycles. The van der Waals surface area contributed by atoms with E-state index < -0.39 is 0 Å². The zero-order chi connectivity index (χ0) is 16.8. The van der Waals surface area contributed by atoms with Gasteiger partial charge >= 0.3 is 0 Å². The lowest BCUT2D eigenvalue weighted by Gasteiger charge is -2.08. The van der Waals surface area contributed by atoms with Crippen LogP contribution in [0.4, 0.5) is 0 Å². The van der Waals surface area contributed by atoms with Crippen molar-refractivity contribution in [1.29, 1.82) is 0 Å². The van der Waals surface area contributed by atoms with Crippen LogP contribution in [0.5, 0.6) is 0 Å². The third kappa shape index (κ3) is 3.75. The second kappa shape index (κ2) is 7.65. The number of nitrogens with zero attached hydrogens (tertiary/aromatic N) is 3. The quantitative estimate of drug-likeness (QED) is 0.643. The van der Waals surface area contributed by atoms with Gasteiger partial charge in [-0.1, -0.05) is 0 Å². The van der Waals surface area contributed by atoms with Gasteiger partial charge in [0.05, 0.1) is 12.5 Å². The lowest BCUT2D eigenvalue weighted by atomic mass is 10.3. The summed E-state index contributed by atoms with van der Waals surface area (Å²) in [5.41, 5.74) is 0.546. The molecule has 0 atom stereocenters. The van der Waals surface area contributed by atoms with E-state index in [0.717, 1.165) is 18.0 Å². The van der Waals surface area contributed by atoms with Gasteiger partial charge in [0.2, 0.25) is 0 Å². The van der Waals surface area contributed by atoms with Crippen LogP contribution in [0.25, 0.3) is 5.82 Å². The Morgan fingerprint density at radius 2 is 2.17 bits per heavy atom. The summed E-state index contributed by atoms with van der Waals surface area (Å²) in [4.78, 5) is 12.4.